The van der Waals surface area contributed by atoms with Crippen molar-refractivity contribution in [3.05, 3.63) is 83.4 Å². The van der Waals surface area contributed by atoms with Gasteiger partial charge in [-0.15, -0.1) is 0 Å². The van der Waals surface area contributed by atoms with E-state index in [2.05, 4.69) is 5.32 Å². The molecule has 6 heteroatoms. The molecule has 0 bridgehead atoms. The zero-order chi connectivity index (χ0) is 19.4. The van der Waals surface area contributed by atoms with Crippen molar-refractivity contribution < 1.29 is 18.4 Å². The molecule has 138 valence electrons. The Balaban J connectivity index is 1.71. The minimum Gasteiger partial charge on any atom is -0.368 e. The van der Waals surface area contributed by atoms with Gasteiger partial charge in [0.15, 0.2) is 0 Å². The Morgan fingerprint density at radius 1 is 0.889 bits per heavy atom. The zero-order valence-corrected chi connectivity index (χ0v) is 14.4. The Kier molecular flexibility index (Phi) is 5.45. The van der Waals surface area contributed by atoms with Gasteiger partial charge in [-0.3, -0.25) is 9.59 Å². The maximum Gasteiger partial charge on any atom is 0.240 e. The summed E-state index contributed by atoms with van der Waals surface area (Å²) in [5.74, 6) is -2.74. The van der Waals surface area contributed by atoms with Crippen LogP contribution in [0.1, 0.15) is 11.1 Å². The summed E-state index contributed by atoms with van der Waals surface area (Å²) in [5, 5.41) is 4.62. The van der Waals surface area contributed by atoms with Crippen molar-refractivity contribution >= 4 is 22.6 Å². The maximum absolute atomic E-state index is 13.2. The number of nitrogens with two attached hydrogens (primary N) is 1. The van der Waals surface area contributed by atoms with Gasteiger partial charge in [0, 0.05) is 12.5 Å². The number of halogens is 2. The van der Waals surface area contributed by atoms with Crippen LogP contribution < -0.4 is 11.1 Å². The molecule has 3 aromatic carbocycles. The number of benzene rings is 3. The summed E-state index contributed by atoms with van der Waals surface area (Å²) in [6.07, 6.45) is -0.0282. The minimum absolute atomic E-state index is 0.180. The van der Waals surface area contributed by atoms with E-state index < -0.39 is 29.5 Å². The zero-order valence-electron chi connectivity index (χ0n) is 14.4. The van der Waals surface area contributed by atoms with E-state index in [0.29, 0.717) is 0 Å². The normalized spacial score (nSPS) is 11.9. The average Bonchev–Trinajstić information content (AvgIpc) is 2.60. The van der Waals surface area contributed by atoms with Gasteiger partial charge in [0.2, 0.25) is 11.8 Å². The van der Waals surface area contributed by atoms with E-state index in [1.165, 1.54) is 0 Å². The minimum atomic E-state index is -0.919. The highest BCUT2D eigenvalue weighted by Crippen LogP contribution is 2.17. The van der Waals surface area contributed by atoms with Crippen LogP contribution in [0.5, 0.6) is 0 Å². The highest BCUT2D eigenvalue weighted by atomic mass is 19.1. The molecule has 0 saturated heterocycles. The van der Waals surface area contributed by atoms with Crippen LogP contribution in [0.25, 0.3) is 10.8 Å². The molecule has 0 aliphatic heterocycles. The monoisotopic (exact) mass is 368 g/mol. The highest BCUT2D eigenvalue weighted by molar-refractivity contribution is 5.88. The van der Waals surface area contributed by atoms with Crippen molar-refractivity contribution in [1.29, 1.82) is 0 Å². The molecule has 3 aromatic rings. The van der Waals surface area contributed by atoms with Crippen molar-refractivity contribution in [2.24, 2.45) is 5.73 Å². The summed E-state index contributed by atoms with van der Waals surface area (Å²) in [6, 6.07) is 15.5. The molecule has 0 aliphatic carbocycles. The average molecular weight is 368 g/mol. The molecule has 3 N–H and O–H groups in total. The third-order valence-corrected chi connectivity index (χ3v) is 4.22. The molecule has 27 heavy (non-hydrogen) atoms. The fourth-order valence-corrected chi connectivity index (χ4v) is 2.97. The van der Waals surface area contributed by atoms with E-state index in [0.717, 1.165) is 34.5 Å². The van der Waals surface area contributed by atoms with Crippen LogP contribution in [0.2, 0.25) is 0 Å². The van der Waals surface area contributed by atoms with Crippen LogP contribution in [-0.4, -0.2) is 17.9 Å². The highest BCUT2D eigenvalue weighted by Gasteiger charge is 2.19. The van der Waals surface area contributed by atoms with Gasteiger partial charge >= 0.3 is 0 Å². The third kappa shape index (κ3) is 4.88. The number of carbonyl (C=O) groups is 2. The predicted octanol–water partition coefficient (Wildman–Crippen LogP) is 2.87. The number of primary amides is 1. The first kappa shape index (κ1) is 18.5. The first-order chi connectivity index (χ1) is 12.9. The largest absolute Gasteiger partial charge is 0.368 e. The Morgan fingerprint density at radius 2 is 1.56 bits per heavy atom. The summed E-state index contributed by atoms with van der Waals surface area (Å²) >= 11 is 0. The van der Waals surface area contributed by atoms with E-state index in [1.54, 1.807) is 0 Å². The third-order valence-electron chi connectivity index (χ3n) is 4.22. The van der Waals surface area contributed by atoms with E-state index >= 15 is 0 Å². The van der Waals surface area contributed by atoms with Gasteiger partial charge in [0.1, 0.15) is 17.7 Å². The lowest BCUT2D eigenvalue weighted by atomic mass is 10.0. The molecule has 2 amide bonds. The molecule has 0 radical (unpaired) electrons. The van der Waals surface area contributed by atoms with Crippen molar-refractivity contribution in [2.45, 2.75) is 18.9 Å². The van der Waals surface area contributed by atoms with Crippen molar-refractivity contribution in [3.8, 4) is 0 Å². The lowest BCUT2D eigenvalue weighted by Gasteiger charge is -2.16. The molecular weight excluding hydrogens is 350 g/mol. The Labute approximate surface area is 155 Å². The Morgan fingerprint density at radius 3 is 2.22 bits per heavy atom. The van der Waals surface area contributed by atoms with Gasteiger partial charge < -0.3 is 11.1 Å². The summed E-state index contributed by atoms with van der Waals surface area (Å²) in [6.45, 7) is 0. The number of amides is 2. The number of nitrogens with one attached hydrogen (secondary N) is 1. The molecular formula is C21H18F2N2O2. The van der Waals surface area contributed by atoms with Gasteiger partial charge in [0.25, 0.3) is 0 Å². The molecule has 4 nitrogen and oxygen atoms in total. The molecule has 0 heterocycles. The number of carbonyl (C=O) groups excluding carboxylic acids is 2. The summed E-state index contributed by atoms with van der Waals surface area (Å²) in [4.78, 5) is 23.9. The van der Waals surface area contributed by atoms with E-state index in [1.807, 2.05) is 42.5 Å². The number of rotatable bonds is 6. The van der Waals surface area contributed by atoms with Gasteiger partial charge in [0.05, 0.1) is 6.42 Å². The van der Waals surface area contributed by atoms with Gasteiger partial charge in [-0.25, -0.2) is 8.78 Å². The van der Waals surface area contributed by atoms with Crippen LogP contribution in [0.4, 0.5) is 8.78 Å². The number of hydrogen-bond acceptors (Lipinski definition) is 2. The summed E-state index contributed by atoms with van der Waals surface area (Å²) in [7, 11) is 0. The van der Waals surface area contributed by atoms with E-state index in [9.17, 15) is 18.4 Å². The first-order valence-electron chi connectivity index (χ1n) is 8.42. The topological polar surface area (TPSA) is 72.2 Å². The molecule has 0 aliphatic rings. The van der Waals surface area contributed by atoms with Gasteiger partial charge in [-0.05, 0) is 34.0 Å². The lowest BCUT2D eigenvalue weighted by molar-refractivity contribution is -0.127. The second-order valence-electron chi connectivity index (χ2n) is 6.36. The summed E-state index contributed by atoms with van der Waals surface area (Å²) in [5.41, 5.74) is 6.44. The van der Waals surface area contributed by atoms with Crippen LogP contribution in [0, 0.1) is 11.6 Å². The molecule has 0 saturated carbocycles. The molecule has 0 aromatic heterocycles. The molecule has 0 fully saturated rings. The number of fused-ring (bicyclic) bond motifs is 1. The van der Waals surface area contributed by atoms with Crippen LogP contribution in [-0.2, 0) is 22.4 Å². The Bertz CT molecular complexity index is 984. The van der Waals surface area contributed by atoms with Crippen molar-refractivity contribution in [3.63, 3.8) is 0 Å². The molecule has 0 unspecified atom stereocenters. The van der Waals surface area contributed by atoms with E-state index in [4.69, 9.17) is 5.73 Å². The van der Waals surface area contributed by atoms with Gasteiger partial charge in [-0.2, -0.15) is 0 Å². The predicted molar refractivity (Wildman–Crippen MR) is 98.8 cm³/mol. The fourth-order valence-electron chi connectivity index (χ4n) is 2.97. The smallest absolute Gasteiger partial charge is 0.240 e. The van der Waals surface area contributed by atoms with Crippen molar-refractivity contribution in [2.75, 3.05) is 0 Å². The molecule has 3 rings (SSSR count). The second kappa shape index (κ2) is 7.95. The molecule has 0 spiro atoms. The van der Waals surface area contributed by atoms with Crippen molar-refractivity contribution in [1.82, 2.24) is 5.32 Å². The maximum atomic E-state index is 13.2. The Hall–Kier alpha value is -3.28. The number of hydrogen-bond donors (Lipinski definition) is 2. The fraction of sp³-hybridized carbons (Fsp3) is 0.143. The van der Waals surface area contributed by atoms with Crippen LogP contribution in [0.15, 0.2) is 60.7 Å². The molecule has 1 atom stereocenters. The SMILES string of the molecule is NC(=O)[C@H](Cc1ccc2ccccc2c1)NC(=O)Cc1cc(F)cc(F)c1. The van der Waals surface area contributed by atoms with Gasteiger partial charge in [-0.1, -0.05) is 42.5 Å². The second-order valence-corrected chi connectivity index (χ2v) is 6.36. The standard InChI is InChI=1S/C21H18F2N2O2/c22-17-8-14(9-18(23)12-17)11-20(26)25-19(21(24)27)10-13-5-6-15-3-1-2-4-16(15)7-13/h1-9,12,19H,10-11H2,(H2,24,27)(H,25,26)/t19-/m0/s1. The first-order valence-corrected chi connectivity index (χ1v) is 8.42. The summed E-state index contributed by atoms with van der Waals surface area (Å²) < 4.78 is 26.5. The van der Waals surface area contributed by atoms with E-state index in [-0.39, 0.29) is 18.4 Å². The quantitative estimate of drug-likeness (QED) is 0.702. The lowest BCUT2D eigenvalue weighted by Crippen LogP contribution is -2.46. The van der Waals surface area contributed by atoms with Crippen LogP contribution >= 0.6 is 0 Å². The van der Waals surface area contributed by atoms with Crippen LogP contribution in [0.3, 0.4) is 0 Å².